The topological polar surface area (TPSA) is 99.0 Å². The van der Waals surface area contributed by atoms with Crippen LogP contribution in [0.4, 0.5) is 0 Å². The molecule has 36 heavy (non-hydrogen) atoms. The molecule has 2 aliphatic rings. The molecule has 0 aromatic heterocycles. The summed E-state index contributed by atoms with van der Waals surface area (Å²) in [7, 11) is 3.81. The molecular weight excluding hydrogens is 454 g/mol. The number of carbonyl (C=O) groups excluding carboxylic acids is 1. The van der Waals surface area contributed by atoms with Gasteiger partial charge in [-0.05, 0) is 62.7 Å². The van der Waals surface area contributed by atoms with Crippen molar-refractivity contribution in [3.8, 4) is 11.5 Å². The largest absolute Gasteiger partial charge is 0.493 e. The number of benzene rings is 2. The fraction of sp³-hybridized carbons (Fsp3) is 0.464. The van der Waals surface area contributed by atoms with Crippen LogP contribution in [0.25, 0.3) is 0 Å². The number of piperidine rings is 1. The van der Waals surface area contributed by atoms with Gasteiger partial charge in [0, 0.05) is 35.7 Å². The van der Waals surface area contributed by atoms with Gasteiger partial charge in [0.2, 0.25) is 0 Å². The minimum atomic E-state index is -0.313. The predicted molar refractivity (Wildman–Crippen MR) is 143 cm³/mol. The Bertz CT molecular complexity index is 1140. The van der Waals surface area contributed by atoms with Crippen LogP contribution < -0.4 is 20.1 Å². The fourth-order valence-corrected chi connectivity index (χ4v) is 4.86. The van der Waals surface area contributed by atoms with Crippen molar-refractivity contribution >= 4 is 17.6 Å². The van der Waals surface area contributed by atoms with Gasteiger partial charge in [-0.1, -0.05) is 26.0 Å². The highest BCUT2D eigenvalue weighted by atomic mass is 16.5. The predicted octanol–water partition coefficient (Wildman–Crippen LogP) is 3.64. The van der Waals surface area contributed by atoms with Crippen molar-refractivity contribution in [3.05, 3.63) is 58.7 Å². The molecule has 0 spiro atoms. The highest BCUT2D eigenvalue weighted by Gasteiger charge is 2.36. The number of rotatable bonds is 7. The number of hydrogen-bond donors (Lipinski definition) is 3. The number of methoxy groups -OCH3 is 1. The number of guanidine groups is 1. The molecule has 0 radical (unpaired) electrons. The maximum atomic E-state index is 12.6. The third-order valence-corrected chi connectivity index (χ3v) is 6.71. The van der Waals surface area contributed by atoms with Crippen LogP contribution in [0.5, 0.6) is 11.5 Å². The Morgan fingerprint density at radius 1 is 1.22 bits per heavy atom. The van der Waals surface area contributed by atoms with Gasteiger partial charge in [-0.3, -0.25) is 20.5 Å². The van der Waals surface area contributed by atoms with Gasteiger partial charge in [0.05, 0.1) is 25.5 Å². The van der Waals surface area contributed by atoms with E-state index in [9.17, 15) is 4.79 Å². The summed E-state index contributed by atoms with van der Waals surface area (Å²) >= 11 is 0. The summed E-state index contributed by atoms with van der Waals surface area (Å²) in [6, 6.07) is 11.8. The van der Waals surface area contributed by atoms with Crippen LogP contribution in [0.15, 0.2) is 41.4 Å². The number of likely N-dealkylation sites (N-methyl/N-ethyl adjacent to an activating group) is 1. The Balaban J connectivity index is 1.64. The average molecular weight is 492 g/mol. The Labute approximate surface area is 213 Å². The molecule has 0 unspecified atom stereocenters. The lowest BCUT2D eigenvalue weighted by molar-refractivity contribution is 0.0975. The summed E-state index contributed by atoms with van der Waals surface area (Å²) in [5, 5.41) is 13.5. The second-order valence-electron chi connectivity index (χ2n) is 9.91. The van der Waals surface area contributed by atoms with Crippen LogP contribution in [0, 0.1) is 11.3 Å². The second-order valence-corrected chi connectivity index (χ2v) is 9.91. The highest BCUT2D eigenvalue weighted by molar-refractivity contribution is 6.15. The molecule has 3 N–H and O–H groups in total. The number of nitrogens with one attached hydrogen (secondary N) is 3. The Kier molecular flexibility index (Phi) is 7.94. The van der Waals surface area contributed by atoms with E-state index in [1.807, 2.05) is 39.0 Å². The smallest absolute Gasteiger partial charge is 0.257 e. The molecule has 2 heterocycles. The molecule has 2 atom stereocenters. The van der Waals surface area contributed by atoms with Gasteiger partial charge >= 0.3 is 0 Å². The van der Waals surface area contributed by atoms with E-state index in [4.69, 9.17) is 19.9 Å². The van der Waals surface area contributed by atoms with Crippen molar-refractivity contribution in [1.82, 2.24) is 15.5 Å². The number of hydrogen-bond acceptors (Lipinski definition) is 6. The molecule has 0 saturated carbocycles. The molecule has 1 saturated heterocycles. The molecule has 2 aliphatic heterocycles. The molecule has 1 amide bonds. The lowest BCUT2D eigenvalue weighted by Crippen LogP contribution is -2.42. The van der Waals surface area contributed by atoms with Crippen LogP contribution in [-0.4, -0.2) is 68.9 Å². The molecule has 2 aromatic rings. The van der Waals surface area contributed by atoms with Crippen LogP contribution in [0.2, 0.25) is 0 Å². The van der Waals surface area contributed by atoms with Crippen LogP contribution in [0.3, 0.4) is 0 Å². The van der Waals surface area contributed by atoms with Crippen molar-refractivity contribution in [2.24, 2.45) is 10.9 Å². The average Bonchev–Trinajstić information content (AvgIpc) is 2.87. The van der Waals surface area contributed by atoms with Crippen molar-refractivity contribution in [1.29, 1.82) is 5.41 Å². The minimum absolute atomic E-state index is 0.00821. The molecule has 192 valence electrons. The summed E-state index contributed by atoms with van der Waals surface area (Å²) in [5.74, 6) is 1.82. The summed E-state index contributed by atoms with van der Waals surface area (Å²) in [6.45, 7) is 9.23. The molecule has 4 rings (SSSR count). The second kappa shape index (κ2) is 11.1. The molecule has 2 aromatic carbocycles. The quantitative estimate of drug-likeness (QED) is 0.406. The highest BCUT2D eigenvalue weighted by Crippen LogP contribution is 2.42. The first kappa shape index (κ1) is 25.7. The SMILES string of the molecule is CCOc1cc2c(cc1OC)C(c1ccc(C(=O)NC(=N)NCC(C)C)cc1)=N[C@@H]1CCN(C)C[C@H]21. The standard InChI is InChI=1S/C28H37N5O3/c1-6-36-25-13-20-21(14-24(25)35-5)26(31-23-11-12-33(4)16-22(20)23)18-7-9-19(10-8-18)27(34)32-28(29)30-15-17(2)3/h7-10,13-14,17,22-23H,6,11-12,15-16H2,1-5H3,(H3,29,30,32,34)/t22-,23-/m1/s1. The van der Waals surface area contributed by atoms with E-state index >= 15 is 0 Å². The Morgan fingerprint density at radius 2 is 1.97 bits per heavy atom. The maximum absolute atomic E-state index is 12.6. The van der Waals surface area contributed by atoms with Crippen molar-refractivity contribution in [2.45, 2.75) is 39.2 Å². The van der Waals surface area contributed by atoms with Gasteiger partial charge < -0.3 is 19.7 Å². The Morgan fingerprint density at radius 3 is 2.64 bits per heavy atom. The Hall–Kier alpha value is -3.39. The number of nitrogens with zero attached hydrogens (tertiary/aromatic N) is 2. The van der Waals surface area contributed by atoms with Crippen molar-refractivity contribution < 1.29 is 14.3 Å². The zero-order valence-corrected chi connectivity index (χ0v) is 21.9. The lowest BCUT2D eigenvalue weighted by Gasteiger charge is -2.39. The van der Waals surface area contributed by atoms with E-state index < -0.39 is 0 Å². The molecule has 8 heteroatoms. The number of aliphatic imine (C=N–C) groups is 1. The first-order chi connectivity index (χ1) is 17.3. The summed E-state index contributed by atoms with van der Waals surface area (Å²) in [6.07, 6.45) is 0.992. The number of ether oxygens (including phenoxy) is 2. The number of carbonyl (C=O) groups is 1. The van der Waals surface area contributed by atoms with E-state index in [-0.39, 0.29) is 17.9 Å². The van der Waals surface area contributed by atoms with Gasteiger partial charge in [0.25, 0.3) is 5.91 Å². The summed E-state index contributed by atoms with van der Waals surface area (Å²) < 4.78 is 11.6. The van der Waals surface area contributed by atoms with Gasteiger partial charge in [-0.25, -0.2) is 0 Å². The zero-order chi connectivity index (χ0) is 25.8. The van der Waals surface area contributed by atoms with E-state index in [2.05, 4.69) is 28.6 Å². The molecule has 0 bridgehead atoms. The van der Waals surface area contributed by atoms with Gasteiger partial charge in [0.1, 0.15) is 0 Å². The van der Waals surface area contributed by atoms with E-state index in [0.29, 0.717) is 36.3 Å². The van der Waals surface area contributed by atoms with E-state index in [1.165, 1.54) is 5.56 Å². The zero-order valence-electron chi connectivity index (χ0n) is 21.9. The third-order valence-electron chi connectivity index (χ3n) is 6.71. The number of likely N-dealkylation sites (tertiary alicyclic amines) is 1. The first-order valence-electron chi connectivity index (χ1n) is 12.7. The van der Waals surface area contributed by atoms with Crippen LogP contribution in [-0.2, 0) is 0 Å². The minimum Gasteiger partial charge on any atom is -0.493 e. The monoisotopic (exact) mass is 491 g/mol. The van der Waals surface area contributed by atoms with Gasteiger partial charge in [-0.15, -0.1) is 0 Å². The number of fused-ring (bicyclic) bond motifs is 3. The molecule has 0 aliphatic carbocycles. The summed E-state index contributed by atoms with van der Waals surface area (Å²) in [4.78, 5) is 20.2. The maximum Gasteiger partial charge on any atom is 0.257 e. The van der Waals surface area contributed by atoms with Gasteiger partial charge in [0.15, 0.2) is 17.5 Å². The normalized spacial score (nSPS) is 19.1. The summed E-state index contributed by atoms with van der Waals surface area (Å²) in [5.41, 5.74) is 4.63. The fourth-order valence-electron chi connectivity index (χ4n) is 4.86. The third kappa shape index (κ3) is 5.54. The number of amides is 1. The van der Waals surface area contributed by atoms with E-state index in [0.717, 1.165) is 42.1 Å². The lowest BCUT2D eigenvalue weighted by atomic mass is 9.79. The molecular formula is C28H37N5O3. The molecule has 1 fully saturated rings. The molecule has 8 nitrogen and oxygen atoms in total. The van der Waals surface area contributed by atoms with Crippen molar-refractivity contribution in [2.75, 3.05) is 40.4 Å². The first-order valence-corrected chi connectivity index (χ1v) is 12.7. The van der Waals surface area contributed by atoms with E-state index in [1.54, 1.807) is 19.2 Å². The van der Waals surface area contributed by atoms with Gasteiger partial charge in [-0.2, -0.15) is 0 Å². The van der Waals surface area contributed by atoms with Crippen LogP contribution >= 0.6 is 0 Å². The van der Waals surface area contributed by atoms with Crippen LogP contribution in [0.1, 0.15) is 60.2 Å². The van der Waals surface area contributed by atoms with Crippen molar-refractivity contribution in [3.63, 3.8) is 0 Å².